The van der Waals surface area contributed by atoms with Crippen molar-refractivity contribution in [3.05, 3.63) is 46.3 Å². The third kappa shape index (κ3) is 2.94. The Morgan fingerprint density at radius 1 is 1.43 bits per heavy atom. The molecule has 1 heterocycles. The lowest BCUT2D eigenvalue weighted by molar-refractivity contribution is -0.384. The zero-order valence-electron chi connectivity index (χ0n) is 11.5. The summed E-state index contributed by atoms with van der Waals surface area (Å²) in [5.74, 6) is 0.0444. The molecule has 0 spiro atoms. The van der Waals surface area contributed by atoms with E-state index in [9.17, 15) is 14.9 Å². The number of amides is 1. The molecule has 1 amide bonds. The minimum absolute atomic E-state index is 0.152. The number of carbonyl (C=O) groups is 1. The molecule has 0 saturated carbocycles. The Balaban J connectivity index is 2.28. The Bertz CT molecular complexity index is 708. The number of benzene rings is 1. The van der Waals surface area contributed by atoms with Gasteiger partial charge in [-0.1, -0.05) is 0 Å². The normalized spacial score (nSPS) is 10.2. The first kappa shape index (κ1) is 14.4. The van der Waals surface area contributed by atoms with Gasteiger partial charge in [0.2, 0.25) is 0 Å². The van der Waals surface area contributed by atoms with Gasteiger partial charge in [0.25, 0.3) is 11.6 Å². The van der Waals surface area contributed by atoms with Gasteiger partial charge in [-0.2, -0.15) is 0 Å². The fraction of sp³-hybridized carbons (Fsp3) is 0.154. The smallest absolute Gasteiger partial charge is 0.287 e. The van der Waals surface area contributed by atoms with Gasteiger partial charge in [-0.05, 0) is 12.1 Å². The predicted molar refractivity (Wildman–Crippen MR) is 77.4 cm³/mol. The van der Waals surface area contributed by atoms with Crippen molar-refractivity contribution in [1.29, 1.82) is 0 Å². The number of carbonyl (C=O) groups excluding carboxylic acids is 1. The molecule has 0 aliphatic rings. The highest BCUT2D eigenvalue weighted by Gasteiger charge is 2.18. The van der Waals surface area contributed by atoms with E-state index in [0.29, 0.717) is 17.1 Å². The molecule has 110 valence electrons. The van der Waals surface area contributed by atoms with Crippen molar-refractivity contribution in [1.82, 2.24) is 4.57 Å². The number of nitrogen functional groups attached to an aromatic ring is 1. The van der Waals surface area contributed by atoms with E-state index in [4.69, 9.17) is 10.5 Å². The molecule has 2 rings (SSSR count). The van der Waals surface area contributed by atoms with Crippen molar-refractivity contribution in [2.45, 2.75) is 0 Å². The van der Waals surface area contributed by atoms with Crippen LogP contribution in [0, 0.1) is 10.1 Å². The van der Waals surface area contributed by atoms with Gasteiger partial charge in [0.05, 0.1) is 29.6 Å². The molecule has 0 atom stereocenters. The lowest BCUT2D eigenvalue weighted by Crippen LogP contribution is -2.16. The van der Waals surface area contributed by atoms with Gasteiger partial charge in [0.1, 0.15) is 11.4 Å². The molecule has 21 heavy (non-hydrogen) atoms. The van der Waals surface area contributed by atoms with Crippen LogP contribution in [0.25, 0.3) is 0 Å². The highest BCUT2D eigenvalue weighted by atomic mass is 16.6. The maximum absolute atomic E-state index is 12.2. The largest absolute Gasteiger partial charge is 0.497 e. The number of nitrogens with two attached hydrogens (primary N) is 1. The Hall–Kier alpha value is -3.03. The molecule has 0 fully saturated rings. The van der Waals surface area contributed by atoms with E-state index >= 15 is 0 Å². The highest BCUT2D eigenvalue weighted by molar-refractivity contribution is 6.05. The number of aryl methyl sites for hydroxylation is 1. The zero-order chi connectivity index (χ0) is 15.6. The Morgan fingerprint density at radius 2 is 2.14 bits per heavy atom. The average Bonchev–Trinajstić information content (AvgIpc) is 2.83. The maximum Gasteiger partial charge on any atom is 0.287 e. The van der Waals surface area contributed by atoms with Crippen LogP contribution >= 0.6 is 0 Å². The molecule has 0 radical (unpaired) electrons. The van der Waals surface area contributed by atoms with Gasteiger partial charge in [0, 0.05) is 19.2 Å². The molecule has 0 aliphatic carbocycles. The Kier molecular flexibility index (Phi) is 3.79. The fourth-order valence-electron chi connectivity index (χ4n) is 1.83. The number of nitrogens with one attached hydrogen (secondary N) is 1. The van der Waals surface area contributed by atoms with Crippen molar-refractivity contribution in [2.75, 3.05) is 18.2 Å². The van der Waals surface area contributed by atoms with E-state index in [1.165, 1.54) is 23.9 Å². The van der Waals surface area contributed by atoms with Crippen LogP contribution in [0.15, 0.2) is 30.5 Å². The van der Waals surface area contributed by atoms with Crippen molar-refractivity contribution in [2.24, 2.45) is 7.05 Å². The number of anilines is 2. The third-order valence-corrected chi connectivity index (χ3v) is 2.94. The van der Waals surface area contributed by atoms with Crippen LogP contribution in [0.4, 0.5) is 17.1 Å². The van der Waals surface area contributed by atoms with E-state index < -0.39 is 10.8 Å². The van der Waals surface area contributed by atoms with Crippen LogP contribution < -0.4 is 15.8 Å². The molecule has 1 aromatic heterocycles. The fourth-order valence-corrected chi connectivity index (χ4v) is 1.83. The number of hydrogen-bond donors (Lipinski definition) is 2. The number of rotatable bonds is 4. The quantitative estimate of drug-likeness (QED) is 0.506. The second kappa shape index (κ2) is 5.53. The molecule has 1 aromatic carbocycles. The second-order valence-corrected chi connectivity index (χ2v) is 4.36. The summed E-state index contributed by atoms with van der Waals surface area (Å²) in [6.07, 6.45) is 1.27. The van der Waals surface area contributed by atoms with E-state index in [1.54, 1.807) is 25.2 Å². The van der Waals surface area contributed by atoms with Crippen molar-refractivity contribution >= 4 is 23.0 Å². The first-order valence-corrected chi connectivity index (χ1v) is 5.98. The lowest BCUT2D eigenvalue weighted by atomic mass is 10.2. The SMILES string of the molecule is COc1ccc(N)c(NC(=O)c2cc([N+](=O)[O-])cn2C)c1. The molecule has 8 heteroatoms. The molecule has 0 unspecified atom stereocenters. The van der Waals surface area contributed by atoms with Crippen LogP contribution in [-0.4, -0.2) is 22.5 Å². The average molecular weight is 290 g/mol. The molecular weight excluding hydrogens is 276 g/mol. The summed E-state index contributed by atoms with van der Waals surface area (Å²) >= 11 is 0. The van der Waals surface area contributed by atoms with E-state index in [0.717, 1.165) is 0 Å². The first-order chi connectivity index (χ1) is 9.92. The molecule has 2 aromatic rings. The standard InChI is InChI=1S/C13H14N4O4/c1-16-7-8(17(19)20)5-12(16)13(18)15-11-6-9(21-2)3-4-10(11)14/h3-7H,14H2,1-2H3,(H,15,18). The number of ether oxygens (including phenoxy) is 1. The van der Waals surface area contributed by atoms with Gasteiger partial charge in [-0.3, -0.25) is 14.9 Å². The van der Waals surface area contributed by atoms with E-state index in [2.05, 4.69) is 5.32 Å². The van der Waals surface area contributed by atoms with Gasteiger partial charge in [0.15, 0.2) is 0 Å². The summed E-state index contributed by atoms with van der Waals surface area (Å²) in [7, 11) is 3.05. The van der Waals surface area contributed by atoms with Crippen LogP contribution in [0.1, 0.15) is 10.5 Å². The summed E-state index contributed by atoms with van der Waals surface area (Å²) in [5.41, 5.74) is 6.53. The monoisotopic (exact) mass is 290 g/mol. The number of methoxy groups -OCH3 is 1. The van der Waals surface area contributed by atoms with Crippen LogP contribution in [0.3, 0.4) is 0 Å². The molecule has 0 saturated heterocycles. The number of nitrogens with zero attached hydrogens (tertiary/aromatic N) is 2. The van der Waals surface area contributed by atoms with Crippen molar-refractivity contribution in [3.8, 4) is 5.75 Å². The second-order valence-electron chi connectivity index (χ2n) is 4.36. The van der Waals surface area contributed by atoms with Gasteiger partial charge < -0.3 is 20.4 Å². The summed E-state index contributed by atoms with van der Waals surface area (Å²) in [5, 5.41) is 13.3. The molecule has 8 nitrogen and oxygen atoms in total. The van der Waals surface area contributed by atoms with E-state index in [-0.39, 0.29) is 11.4 Å². The summed E-state index contributed by atoms with van der Waals surface area (Å²) in [6.45, 7) is 0. The number of nitro groups is 1. The minimum Gasteiger partial charge on any atom is -0.497 e. The Labute approximate surface area is 120 Å². The lowest BCUT2D eigenvalue weighted by Gasteiger charge is -2.10. The molecular formula is C13H14N4O4. The van der Waals surface area contributed by atoms with Crippen molar-refractivity contribution in [3.63, 3.8) is 0 Å². The first-order valence-electron chi connectivity index (χ1n) is 5.98. The summed E-state index contributed by atoms with van der Waals surface area (Å²) in [4.78, 5) is 22.3. The molecule has 3 N–H and O–H groups in total. The topological polar surface area (TPSA) is 112 Å². The van der Waals surface area contributed by atoms with Crippen LogP contribution in [0.2, 0.25) is 0 Å². The maximum atomic E-state index is 12.2. The van der Waals surface area contributed by atoms with Crippen LogP contribution in [-0.2, 0) is 7.05 Å². The van der Waals surface area contributed by atoms with Crippen molar-refractivity contribution < 1.29 is 14.5 Å². The summed E-state index contributed by atoms with van der Waals surface area (Å²) in [6, 6.07) is 6.04. The minimum atomic E-state index is -0.559. The van der Waals surface area contributed by atoms with Gasteiger partial charge >= 0.3 is 0 Å². The number of hydrogen-bond acceptors (Lipinski definition) is 5. The predicted octanol–water partition coefficient (Wildman–Crippen LogP) is 1.78. The zero-order valence-corrected chi connectivity index (χ0v) is 11.5. The van der Waals surface area contributed by atoms with Crippen LogP contribution in [0.5, 0.6) is 5.75 Å². The molecule has 0 bridgehead atoms. The third-order valence-electron chi connectivity index (χ3n) is 2.94. The van der Waals surface area contributed by atoms with Gasteiger partial charge in [-0.15, -0.1) is 0 Å². The number of aromatic nitrogens is 1. The molecule has 0 aliphatic heterocycles. The van der Waals surface area contributed by atoms with E-state index in [1.807, 2.05) is 0 Å². The highest BCUT2D eigenvalue weighted by Crippen LogP contribution is 2.25. The summed E-state index contributed by atoms with van der Waals surface area (Å²) < 4.78 is 6.43. The Morgan fingerprint density at radius 3 is 2.71 bits per heavy atom. The van der Waals surface area contributed by atoms with Gasteiger partial charge in [-0.25, -0.2) is 0 Å².